The molecule has 98 valence electrons. The van der Waals surface area contributed by atoms with E-state index in [1.165, 1.54) is 0 Å². The number of amides is 2. The lowest BCUT2D eigenvalue weighted by atomic mass is 9.95. The number of hydroxylamine groups is 1. The second kappa shape index (κ2) is 5.35. The topological polar surface area (TPSA) is 78.9 Å². The van der Waals surface area contributed by atoms with Crippen LogP contribution < -0.4 is 5.48 Å². The van der Waals surface area contributed by atoms with Gasteiger partial charge in [0.15, 0.2) is 0 Å². The van der Waals surface area contributed by atoms with Gasteiger partial charge in [-0.25, -0.2) is 10.3 Å². The summed E-state index contributed by atoms with van der Waals surface area (Å²) in [6.07, 6.45) is 0.648. The number of carbonyl (C=O) groups is 2. The molecule has 1 rings (SSSR count). The summed E-state index contributed by atoms with van der Waals surface area (Å²) in [6, 6.07) is 0. The SMILES string of the molecule is CC(C)(C)OC(=O)N1CC(CCC(=O)NO)C1. The van der Waals surface area contributed by atoms with Crippen molar-refractivity contribution >= 4 is 12.0 Å². The highest BCUT2D eigenvalue weighted by Crippen LogP contribution is 2.22. The van der Waals surface area contributed by atoms with Crippen LogP contribution in [0.15, 0.2) is 0 Å². The zero-order chi connectivity index (χ0) is 13.1. The molecule has 0 aromatic heterocycles. The van der Waals surface area contributed by atoms with Crippen LogP contribution in [0.25, 0.3) is 0 Å². The fourth-order valence-electron chi connectivity index (χ4n) is 1.62. The summed E-state index contributed by atoms with van der Waals surface area (Å²) < 4.78 is 5.20. The predicted molar refractivity (Wildman–Crippen MR) is 60.5 cm³/mol. The van der Waals surface area contributed by atoms with Crippen LogP contribution in [-0.4, -0.2) is 40.8 Å². The Labute approximate surface area is 101 Å². The molecule has 0 bridgehead atoms. The van der Waals surface area contributed by atoms with Gasteiger partial charge in [0.2, 0.25) is 5.91 Å². The summed E-state index contributed by atoms with van der Waals surface area (Å²) in [4.78, 5) is 24.0. The first kappa shape index (κ1) is 13.8. The van der Waals surface area contributed by atoms with Gasteiger partial charge in [0.05, 0.1) is 0 Å². The standard InChI is InChI=1S/C11H20N2O4/c1-11(2,3)17-10(15)13-6-8(7-13)4-5-9(14)12-16/h8,16H,4-7H2,1-3H3,(H,12,14). The number of hydrogen-bond donors (Lipinski definition) is 2. The van der Waals surface area contributed by atoms with Crippen molar-refractivity contribution < 1.29 is 19.5 Å². The van der Waals surface area contributed by atoms with Crippen molar-refractivity contribution in [3.8, 4) is 0 Å². The molecular weight excluding hydrogens is 224 g/mol. The lowest BCUT2D eigenvalue weighted by Crippen LogP contribution is -2.51. The number of rotatable bonds is 3. The summed E-state index contributed by atoms with van der Waals surface area (Å²) >= 11 is 0. The molecule has 1 saturated heterocycles. The molecule has 0 aromatic rings. The van der Waals surface area contributed by atoms with E-state index in [4.69, 9.17) is 9.94 Å². The maximum absolute atomic E-state index is 11.6. The second-order valence-corrected chi connectivity index (χ2v) is 5.33. The Morgan fingerprint density at radius 3 is 2.47 bits per heavy atom. The molecule has 1 heterocycles. The van der Waals surface area contributed by atoms with Crippen molar-refractivity contribution in [1.82, 2.24) is 10.4 Å². The maximum atomic E-state index is 11.6. The highest BCUT2D eigenvalue weighted by molar-refractivity contribution is 5.74. The number of hydrogen-bond acceptors (Lipinski definition) is 4. The van der Waals surface area contributed by atoms with E-state index < -0.39 is 5.60 Å². The van der Waals surface area contributed by atoms with Crippen molar-refractivity contribution in [2.24, 2.45) is 5.92 Å². The summed E-state index contributed by atoms with van der Waals surface area (Å²) in [5, 5.41) is 8.32. The van der Waals surface area contributed by atoms with Gasteiger partial charge >= 0.3 is 6.09 Å². The van der Waals surface area contributed by atoms with Crippen LogP contribution in [0.4, 0.5) is 4.79 Å². The van der Waals surface area contributed by atoms with Crippen LogP contribution >= 0.6 is 0 Å². The lowest BCUT2D eigenvalue weighted by Gasteiger charge is -2.39. The number of ether oxygens (including phenoxy) is 1. The zero-order valence-corrected chi connectivity index (χ0v) is 10.5. The molecule has 0 atom stereocenters. The summed E-state index contributed by atoms with van der Waals surface area (Å²) in [5.74, 6) is -0.0689. The van der Waals surface area contributed by atoms with Gasteiger partial charge in [-0.1, -0.05) is 0 Å². The lowest BCUT2D eigenvalue weighted by molar-refractivity contribution is -0.129. The Morgan fingerprint density at radius 1 is 1.41 bits per heavy atom. The minimum atomic E-state index is -0.473. The largest absolute Gasteiger partial charge is 0.444 e. The maximum Gasteiger partial charge on any atom is 0.410 e. The third kappa shape index (κ3) is 4.60. The average Bonchev–Trinajstić information content (AvgIpc) is 2.11. The van der Waals surface area contributed by atoms with E-state index in [0.717, 1.165) is 0 Å². The summed E-state index contributed by atoms with van der Waals surface area (Å²) in [7, 11) is 0. The molecule has 6 heteroatoms. The normalized spacial score (nSPS) is 16.4. The molecule has 6 nitrogen and oxygen atoms in total. The fraction of sp³-hybridized carbons (Fsp3) is 0.818. The van der Waals surface area contributed by atoms with Crippen molar-refractivity contribution in [2.45, 2.75) is 39.2 Å². The van der Waals surface area contributed by atoms with Crippen molar-refractivity contribution in [3.63, 3.8) is 0 Å². The Kier molecular flexibility index (Phi) is 4.34. The van der Waals surface area contributed by atoms with Gasteiger partial charge in [0.1, 0.15) is 5.60 Å². The Hall–Kier alpha value is -1.30. The van der Waals surface area contributed by atoms with E-state index >= 15 is 0 Å². The van der Waals surface area contributed by atoms with Crippen LogP contribution in [0, 0.1) is 5.92 Å². The quantitative estimate of drug-likeness (QED) is 0.576. The van der Waals surface area contributed by atoms with E-state index in [1.807, 2.05) is 20.8 Å². The highest BCUT2D eigenvalue weighted by atomic mass is 16.6. The monoisotopic (exact) mass is 244 g/mol. The first-order valence-corrected chi connectivity index (χ1v) is 5.72. The van der Waals surface area contributed by atoms with Gasteiger partial charge in [-0.05, 0) is 33.1 Å². The van der Waals surface area contributed by atoms with E-state index in [0.29, 0.717) is 25.4 Å². The van der Waals surface area contributed by atoms with E-state index in [2.05, 4.69) is 0 Å². The van der Waals surface area contributed by atoms with Crippen LogP contribution in [0.5, 0.6) is 0 Å². The van der Waals surface area contributed by atoms with Gasteiger partial charge in [-0.2, -0.15) is 0 Å². The molecule has 1 fully saturated rings. The molecule has 0 aliphatic carbocycles. The van der Waals surface area contributed by atoms with Gasteiger partial charge in [-0.3, -0.25) is 10.0 Å². The van der Waals surface area contributed by atoms with E-state index in [-0.39, 0.29) is 18.4 Å². The Morgan fingerprint density at radius 2 is 2.00 bits per heavy atom. The third-order valence-electron chi connectivity index (χ3n) is 2.51. The second-order valence-electron chi connectivity index (χ2n) is 5.33. The first-order valence-electron chi connectivity index (χ1n) is 5.72. The molecule has 2 amide bonds. The van der Waals surface area contributed by atoms with Crippen molar-refractivity contribution in [1.29, 1.82) is 0 Å². The van der Waals surface area contributed by atoms with Crippen molar-refractivity contribution in [2.75, 3.05) is 13.1 Å². The molecule has 0 radical (unpaired) electrons. The summed E-state index contributed by atoms with van der Waals surface area (Å²) in [6.45, 7) is 6.72. The minimum absolute atomic E-state index is 0.281. The smallest absolute Gasteiger partial charge is 0.410 e. The average molecular weight is 244 g/mol. The number of nitrogens with zero attached hydrogens (tertiary/aromatic N) is 1. The molecule has 1 aliphatic heterocycles. The van der Waals surface area contributed by atoms with Crippen molar-refractivity contribution in [3.05, 3.63) is 0 Å². The third-order valence-corrected chi connectivity index (χ3v) is 2.51. The van der Waals surface area contributed by atoms with E-state index in [9.17, 15) is 9.59 Å². The summed E-state index contributed by atoms with van der Waals surface area (Å²) in [5.41, 5.74) is 1.12. The molecule has 2 N–H and O–H groups in total. The van der Waals surface area contributed by atoms with Crippen LogP contribution in [-0.2, 0) is 9.53 Å². The minimum Gasteiger partial charge on any atom is -0.444 e. The van der Waals surface area contributed by atoms with Crippen LogP contribution in [0.1, 0.15) is 33.6 Å². The zero-order valence-electron chi connectivity index (χ0n) is 10.5. The Bertz CT molecular complexity index is 292. The number of carbonyl (C=O) groups excluding carboxylic acids is 2. The molecular formula is C11H20N2O4. The van der Waals surface area contributed by atoms with Crippen LogP contribution in [0.3, 0.4) is 0 Å². The molecule has 0 unspecified atom stereocenters. The number of nitrogens with one attached hydrogen (secondary N) is 1. The van der Waals surface area contributed by atoms with E-state index in [1.54, 1.807) is 10.4 Å². The number of likely N-dealkylation sites (tertiary alicyclic amines) is 1. The van der Waals surface area contributed by atoms with Gasteiger partial charge in [-0.15, -0.1) is 0 Å². The molecule has 0 saturated carbocycles. The van der Waals surface area contributed by atoms with Gasteiger partial charge in [0.25, 0.3) is 0 Å². The molecule has 0 spiro atoms. The fourth-order valence-corrected chi connectivity index (χ4v) is 1.62. The Balaban J connectivity index is 2.18. The molecule has 0 aromatic carbocycles. The van der Waals surface area contributed by atoms with Gasteiger partial charge in [0, 0.05) is 19.5 Å². The first-order chi connectivity index (χ1) is 7.81. The van der Waals surface area contributed by atoms with Gasteiger partial charge < -0.3 is 9.64 Å². The molecule has 1 aliphatic rings. The molecule has 17 heavy (non-hydrogen) atoms. The highest BCUT2D eigenvalue weighted by Gasteiger charge is 2.33. The predicted octanol–water partition coefficient (Wildman–Crippen LogP) is 1.14. The van der Waals surface area contributed by atoms with Crippen LogP contribution in [0.2, 0.25) is 0 Å².